The van der Waals surface area contributed by atoms with Gasteiger partial charge in [-0.1, -0.05) is 13.8 Å². The number of carbonyl (C=O) groups is 3. The minimum atomic E-state index is -1.26. The van der Waals surface area contributed by atoms with Gasteiger partial charge in [0.1, 0.15) is 6.04 Å². The molecule has 1 heterocycles. The van der Waals surface area contributed by atoms with Crippen molar-refractivity contribution in [3.05, 3.63) is 29.8 Å². The molecule has 1 fully saturated rings. The summed E-state index contributed by atoms with van der Waals surface area (Å²) in [5.74, 6) is -1.49. The van der Waals surface area contributed by atoms with Crippen LogP contribution in [0, 0.1) is 5.92 Å². The number of amides is 2. The second-order valence-electron chi connectivity index (χ2n) is 7.43. The van der Waals surface area contributed by atoms with Gasteiger partial charge in [-0.2, -0.15) is 0 Å². The van der Waals surface area contributed by atoms with Gasteiger partial charge in [0.25, 0.3) is 5.91 Å². The Morgan fingerprint density at radius 1 is 1.14 bits per heavy atom. The summed E-state index contributed by atoms with van der Waals surface area (Å²) >= 11 is 1.54. The predicted molar refractivity (Wildman–Crippen MR) is 109 cm³/mol. The van der Waals surface area contributed by atoms with Crippen molar-refractivity contribution in [2.45, 2.75) is 42.8 Å². The van der Waals surface area contributed by atoms with Crippen molar-refractivity contribution in [2.75, 3.05) is 26.1 Å². The van der Waals surface area contributed by atoms with Crippen LogP contribution in [-0.4, -0.2) is 71.6 Å². The highest BCUT2D eigenvalue weighted by Crippen LogP contribution is 2.30. The van der Waals surface area contributed by atoms with Crippen molar-refractivity contribution in [3.63, 3.8) is 0 Å². The SMILES string of the molecule is CSc1ccc(C(=O)NC(CO)C(=O)NC(CC(C)C)C(=O)C2(CO)CO2)cc1. The molecular formula is C20H28N2O6S. The van der Waals surface area contributed by atoms with Crippen LogP contribution in [0.3, 0.4) is 0 Å². The van der Waals surface area contributed by atoms with Crippen LogP contribution in [-0.2, 0) is 14.3 Å². The average molecular weight is 425 g/mol. The highest BCUT2D eigenvalue weighted by Gasteiger charge is 2.54. The maximum Gasteiger partial charge on any atom is 0.251 e. The third kappa shape index (κ3) is 6.02. The Kier molecular flexibility index (Phi) is 8.21. The molecule has 1 aliphatic rings. The zero-order valence-corrected chi connectivity index (χ0v) is 17.6. The van der Waals surface area contributed by atoms with E-state index in [1.807, 2.05) is 20.1 Å². The lowest BCUT2D eigenvalue weighted by Crippen LogP contribution is -2.55. The van der Waals surface area contributed by atoms with E-state index in [1.165, 1.54) is 11.8 Å². The molecule has 1 aromatic carbocycles. The number of nitrogens with one attached hydrogen (secondary N) is 2. The topological polar surface area (TPSA) is 128 Å². The quantitative estimate of drug-likeness (QED) is 0.298. The number of Topliss-reactive ketones (excluding diaryl/α,β-unsaturated/α-hetero) is 1. The number of aliphatic hydroxyl groups is 2. The summed E-state index contributed by atoms with van der Waals surface area (Å²) < 4.78 is 5.11. The molecule has 0 radical (unpaired) electrons. The van der Waals surface area contributed by atoms with Gasteiger partial charge >= 0.3 is 0 Å². The lowest BCUT2D eigenvalue weighted by Gasteiger charge is -2.24. The van der Waals surface area contributed by atoms with E-state index in [0.29, 0.717) is 12.0 Å². The number of ketones is 1. The fourth-order valence-corrected chi connectivity index (χ4v) is 3.28. The first-order valence-electron chi connectivity index (χ1n) is 9.41. The van der Waals surface area contributed by atoms with Crippen molar-refractivity contribution >= 4 is 29.4 Å². The molecule has 0 saturated carbocycles. The summed E-state index contributed by atoms with van der Waals surface area (Å²) in [5.41, 5.74) is -0.904. The third-order valence-corrected chi connectivity index (χ3v) is 5.44. The van der Waals surface area contributed by atoms with E-state index >= 15 is 0 Å². The van der Waals surface area contributed by atoms with Gasteiger partial charge in [0.15, 0.2) is 11.4 Å². The number of aliphatic hydroxyl groups excluding tert-OH is 2. The summed E-state index contributed by atoms with van der Waals surface area (Å²) in [6.45, 7) is 2.83. The lowest BCUT2D eigenvalue weighted by molar-refractivity contribution is -0.133. The van der Waals surface area contributed by atoms with Crippen LogP contribution >= 0.6 is 11.8 Å². The minimum Gasteiger partial charge on any atom is -0.394 e. The van der Waals surface area contributed by atoms with Crippen molar-refractivity contribution in [1.82, 2.24) is 10.6 Å². The van der Waals surface area contributed by atoms with Crippen LogP contribution in [0.5, 0.6) is 0 Å². The second kappa shape index (κ2) is 10.2. The van der Waals surface area contributed by atoms with Crippen LogP contribution < -0.4 is 10.6 Å². The molecule has 0 spiro atoms. The number of carbonyl (C=O) groups excluding carboxylic acids is 3. The molecular weight excluding hydrogens is 396 g/mol. The summed E-state index contributed by atoms with van der Waals surface area (Å²) in [6.07, 6.45) is 2.27. The van der Waals surface area contributed by atoms with Gasteiger partial charge in [-0.25, -0.2) is 0 Å². The zero-order chi connectivity index (χ0) is 21.6. The molecule has 1 aliphatic heterocycles. The Balaban J connectivity index is 2.05. The first-order valence-corrected chi connectivity index (χ1v) is 10.6. The highest BCUT2D eigenvalue weighted by molar-refractivity contribution is 7.98. The molecule has 1 aromatic rings. The van der Waals surface area contributed by atoms with E-state index in [1.54, 1.807) is 24.3 Å². The molecule has 3 atom stereocenters. The van der Waals surface area contributed by atoms with Gasteiger partial charge in [-0.05, 0) is 42.9 Å². The van der Waals surface area contributed by atoms with Crippen LogP contribution in [0.4, 0.5) is 0 Å². The Hall–Kier alpha value is -1.94. The van der Waals surface area contributed by atoms with Crippen LogP contribution in [0.1, 0.15) is 30.6 Å². The zero-order valence-electron chi connectivity index (χ0n) is 16.8. The molecule has 160 valence electrons. The fraction of sp³-hybridized carbons (Fsp3) is 0.550. The van der Waals surface area contributed by atoms with E-state index in [9.17, 15) is 24.6 Å². The first-order chi connectivity index (χ1) is 13.8. The van der Waals surface area contributed by atoms with Gasteiger partial charge in [0.05, 0.1) is 25.9 Å². The Morgan fingerprint density at radius 2 is 1.76 bits per heavy atom. The smallest absolute Gasteiger partial charge is 0.251 e. The predicted octanol–water partition coefficient (Wildman–Crippen LogP) is 0.360. The molecule has 2 amide bonds. The summed E-state index contributed by atoms with van der Waals surface area (Å²) in [7, 11) is 0. The molecule has 0 aliphatic carbocycles. The van der Waals surface area contributed by atoms with Gasteiger partial charge in [-0.15, -0.1) is 11.8 Å². The molecule has 0 bridgehead atoms. The standard InChI is InChI=1S/C20H28N2O6S/c1-12(2)8-15(17(25)20(10-24)11-28-20)21-19(27)16(9-23)22-18(26)13-4-6-14(29-3)7-5-13/h4-7,12,15-16,23-24H,8-11H2,1-3H3,(H,21,27)(H,22,26). The van der Waals surface area contributed by atoms with E-state index in [0.717, 1.165) is 4.90 Å². The van der Waals surface area contributed by atoms with Gasteiger partial charge < -0.3 is 25.6 Å². The molecule has 8 nitrogen and oxygen atoms in total. The van der Waals surface area contributed by atoms with Crippen molar-refractivity contribution in [2.24, 2.45) is 5.92 Å². The fourth-order valence-electron chi connectivity index (χ4n) is 2.87. The number of hydrogen-bond acceptors (Lipinski definition) is 7. The second-order valence-corrected chi connectivity index (χ2v) is 8.31. The maximum atomic E-state index is 12.7. The number of ether oxygens (including phenoxy) is 1. The Labute approximate surface area is 174 Å². The number of hydrogen-bond donors (Lipinski definition) is 4. The van der Waals surface area contributed by atoms with Crippen LogP contribution in [0.15, 0.2) is 29.2 Å². The van der Waals surface area contributed by atoms with Crippen LogP contribution in [0.25, 0.3) is 0 Å². The summed E-state index contributed by atoms with van der Waals surface area (Å²) in [6, 6.07) is 4.74. The Morgan fingerprint density at radius 3 is 2.21 bits per heavy atom. The number of epoxide rings is 1. The Bertz CT molecular complexity index is 733. The normalized spacial score (nSPS) is 20.1. The lowest BCUT2D eigenvalue weighted by atomic mass is 9.92. The first kappa shape index (κ1) is 23.3. The van der Waals surface area contributed by atoms with E-state index in [-0.39, 0.29) is 12.5 Å². The molecule has 1 saturated heterocycles. The molecule has 4 N–H and O–H groups in total. The van der Waals surface area contributed by atoms with Gasteiger partial charge in [0.2, 0.25) is 5.91 Å². The average Bonchev–Trinajstić information content (AvgIpc) is 3.51. The largest absolute Gasteiger partial charge is 0.394 e. The minimum absolute atomic E-state index is 0.0934. The van der Waals surface area contributed by atoms with Gasteiger partial charge in [0, 0.05) is 10.5 Å². The third-order valence-electron chi connectivity index (χ3n) is 4.69. The number of thioether (sulfide) groups is 1. The van der Waals surface area contributed by atoms with E-state index < -0.39 is 48.5 Å². The summed E-state index contributed by atoms with van der Waals surface area (Å²) in [5, 5.41) is 24.1. The van der Waals surface area contributed by atoms with E-state index in [2.05, 4.69) is 10.6 Å². The number of rotatable bonds is 11. The van der Waals surface area contributed by atoms with Crippen molar-refractivity contribution in [1.29, 1.82) is 0 Å². The van der Waals surface area contributed by atoms with Crippen molar-refractivity contribution in [3.8, 4) is 0 Å². The van der Waals surface area contributed by atoms with Crippen LogP contribution in [0.2, 0.25) is 0 Å². The van der Waals surface area contributed by atoms with Crippen molar-refractivity contribution < 1.29 is 29.3 Å². The molecule has 29 heavy (non-hydrogen) atoms. The van der Waals surface area contributed by atoms with Gasteiger partial charge in [-0.3, -0.25) is 14.4 Å². The maximum absolute atomic E-state index is 12.7. The monoisotopic (exact) mass is 424 g/mol. The number of benzene rings is 1. The molecule has 9 heteroatoms. The van der Waals surface area contributed by atoms with E-state index in [4.69, 9.17) is 4.74 Å². The highest BCUT2D eigenvalue weighted by atomic mass is 32.2. The molecule has 2 rings (SSSR count). The molecule has 0 aromatic heterocycles. The molecule has 3 unspecified atom stereocenters. The summed E-state index contributed by atoms with van der Waals surface area (Å²) in [4.78, 5) is 38.7.